The van der Waals surface area contributed by atoms with Gasteiger partial charge in [-0.2, -0.15) is 0 Å². The maximum atomic E-state index is 14.7. The lowest BCUT2D eigenvalue weighted by Crippen LogP contribution is -2.56. The third-order valence-corrected chi connectivity index (χ3v) is 6.43. The Morgan fingerprint density at radius 1 is 1.15 bits per heavy atom. The van der Waals surface area contributed by atoms with Crippen molar-refractivity contribution in [3.63, 3.8) is 0 Å². The van der Waals surface area contributed by atoms with Crippen LogP contribution in [0.5, 0.6) is 5.75 Å². The first kappa shape index (κ1) is 21.8. The van der Waals surface area contributed by atoms with E-state index < -0.39 is 23.8 Å². The highest BCUT2D eigenvalue weighted by atomic mass is 19.3. The average Bonchev–Trinajstić information content (AvgIpc) is 2.77. The zero-order valence-electron chi connectivity index (χ0n) is 18.8. The lowest BCUT2D eigenvalue weighted by atomic mass is 10.0. The van der Waals surface area contributed by atoms with Crippen LogP contribution in [0.15, 0.2) is 30.3 Å². The van der Waals surface area contributed by atoms with Crippen molar-refractivity contribution in [2.75, 3.05) is 43.5 Å². The average molecular weight is 458 g/mol. The molecule has 1 N–H and O–H groups in total. The van der Waals surface area contributed by atoms with Gasteiger partial charge in [0, 0.05) is 36.7 Å². The van der Waals surface area contributed by atoms with Crippen LogP contribution in [0.25, 0.3) is 10.9 Å². The third-order valence-electron chi connectivity index (χ3n) is 6.43. The second kappa shape index (κ2) is 8.37. The van der Waals surface area contributed by atoms with Gasteiger partial charge in [-0.05, 0) is 27.0 Å². The first-order valence-electron chi connectivity index (χ1n) is 11.0. The number of likely N-dealkylation sites (N-methyl/N-ethyl adjacent to an activating group) is 1. The Hall–Kier alpha value is -3.07. The van der Waals surface area contributed by atoms with Crippen LogP contribution < -0.4 is 15.0 Å². The molecule has 2 aliphatic rings. The molecule has 0 saturated carbocycles. The number of nitrogens with one attached hydrogen (secondary N) is 1. The van der Waals surface area contributed by atoms with Gasteiger partial charge in [-0.3, -0.25) is 0 Å². The standard InChI is InChI=1S/C24H26F3N5O/c1-13(16-5-4-6-17(22(16)25)23(26)27)28-24-18-9-20-21(10-19(18)29-14(2)30-24)33-12-15-11-31(3)7-8-32(15)20/h4-6,9-10,13,15,23H,7-8,11-12H2,1-3H3,(H,28,29,30)/t13-,15-/m1/s1. The highest BCUT2D eigenvalue weighted by Gasteiger charge is 2.32. The summed E-state index contributed by atoms with van der Waals surface area (Å²) in [4.78, 5) is 13.8. The number of benzene rings is 2. The first-order valence-corrected chi connectivity index (χ1v) is 11.0. The summed E-state index contributed by atoms with van der Waals surface area (Å²) in [6.45, 7) is 6.90. The van der Waals surface area contributed by atoms with Gasteiger partial charge in [0.1, 0.15) is 29.8 Å². The van der Waals surface area contributed by atoms with E-state index in [1.165, 1.54) is 12.1 Å². The van der Waals surface area contributed by atoms with Crippen LogP contribution in [0.3, 0.4) is 0 Å². The van der Waals surface area contributed by atoms with Crippen LogP contribution in [-0.4, -0.2) is 54.2 Å². The molecule has 0 radical (unpaired) electrons. The SMILES string of the molecule is Cc1nc(N[C@H](C)c2cccc(C(F)F)c2F)c2cc3c(cc2n1)OC[C@H]1CN(C)CCN31. The zero-order chi connectivity index (χ0) is 23.3. The summed E-state index contributed by atoms with van der Waals surface area (Å²) in [5, 5.41) is 4.01. The number of hydrogen-bond donors (Lipinski definition) is 1. The van der Waals surface area contributed by atoms with Crippen molar-refractivity contribution < 1.29 is 17.9 Å². The third kappa shape index (κ3) is 3.94. The molecule has 2 aliphatic heterocycles. The molecule has 6 nitrogen and oxygen atoms in total. The first-order chi connectivity index (χ1) is 15.8. The minimum absolute atomic E-state index is 0.164. The Morgan fingerprint density at radius 3 is 2.73 bits per heavy atom. The number of anilines is 2. The molecule has 0 spiro atoms. The van der Waals surface area contributed by atoms with Gasteiger partial charge in [0.2, 0.25) is 0 Å². The van der Waals surface area contributed by atoms with E-state index >= 15 is 0 Å². The second-order valence-electron chi connectivity index (χ2n) is 8.79. The molecule has 1 aromatic heterocycles. The molecular formula is C24H26F3N5O. The molecule has 9 heteroatoms. The lowest BCUT2D eigenvalue weighted by molar-refractivity contribution is 0.146. The van der Waals surface area contributed by atoms with Crippen molar-refractivity contribution in [1.82, 2.24) is 14.9 Å². The molecule has 1 fully saturated rings. The van der Waals surface area contributed by atoms with Crippen LogP contribution >= 0.6 is 0 Å². The summed E-state index contributed by atoms with van der Waals surface area (Å²) >= 11 is 0. The number of nitrogens with zero attached hydrogens (tertiary/aromatic N) is 4. The summed E-state index contributed by atoms with van der Waals surface area (Å²) in [7, 11) is 2.11. The molecule has 33 heavy (non-hydrogen) atoms. The number of halogens is 3. The molecule has 0 bridgehead atoms. The van der Waals surface area contributed by atoms with E-state index in [1.54, 1.807) is 13.8 Å². The Kier molecular flexibility index (Phi) is 5.52. The normalized spacial score (nSPS) is 19.2. The smallest absolute Gasteiger partial charge is 0.266 e. The number of ether oxygens (including phenoxy) is 1. The molecule has 0 amide bonds. The van der Waals surface area contributed by atoms with E-state index in [9.17, 15) is 13.2 Å². The summed E-state index contributed by atoms with van der Waals surface area (Å²) in [6.07, 6.45) is -2.87. The van der Waals surface area contributed by atoms with E-state index in [4.69, 9.17) is 4.74 Å². The molecule has 3 aromatic rings. The van der Waals surface area contributed by atoms with Gasteiger partial charge in [-0.1, -0.05) is 18.2 Å². The predicted octanol–water partition coefficient (Wildman–Crippen LogP) is 4.70. The minimum atomic E-state index is -2.87. The highest BCUT2D eigenvalue weighted by Crippen LogP contribution is 2.40. The van der Waals surface area contributed by atoms with Gasteiger partial charge in [-0.25, -0.2) is 23.1 Å². The van der Waals surface area contributed by atoms with Gasteiger partial charge in [0.05, 0.1) is 28.9 Å². The Labute approximate surface area is 190 Å². The van der Waals surface area contributed by atoms with E-state index in [0.29, 0.717) is 23.8 Å². The summed E-state index contributed by atoms with van der Waals surface area (Å²) in [5.74, 6) is 0.975. The molecule has 174 valence electrons. The number of alkyl halides is 2. The Balaban J connectivity index is 1.54. The maximum absolute atomic E-state index is 14.7. The number of aromatic nitrogens is 2. The van der Waals surface area contributed by atoms with E-state index in [0.717, 1.165) is 42.5 Å². The molecule has 0 unspecified atom stereocenters. The van der Waals surface area contributed by atoms with Crippen molar-refractivity contribution >= 4 is 22.4 Å². The molecule has 1 saturated heterocycles. The molecule has 2 atom stereocenters. The zero-order valence-corrected chi connectivity index (χ0v) is 18.8. The van der Waals surface area contributed by atoms with Crippen LogP contribution in [0.4, 0.5) is 24.7 Å². The molecule has 5 rings (SSSR count). The van der Waals surface area contributed by atoms with Gasteiger partial charge in [-0.15, -0.1) is 0 Å². The quantitative estimate of drug-likeness (QED) is 0.613. The van der Waals surface area contributed by atoms with Crippen molar-refractivity contribution in [3.8, 4) is 5.75 Å². The lowest BCUT2D eigenvalue weighted by Gasteiger charge is -2.44. The number of fused-ring (bicyclic) bond motifs is 4. The van der Waals surface area contributed by atoms with Crippen molar-refractivity contribution in [1.29, 1.82) is 0 Å². The van der Waals surface area contributed by atoms with E-state index in [2.05, 4.69) is 32.1 Å². The highest BCUT2D eigenvalue weighted by molar-refractivity contribution is 5.94. The fourth-order valence-corrected chi connectivity index (χ4v) is 4.72. The van der Waals surface area contributed by atoms with Gasteiger partial charge < -0.3 is 19.9 Å². The monoisotopic (exact) mass is 457 g/mol. The van der Waals surface area contributed by atoms with Crippen LogP contribution in [0.2, 0.25) is 0 Å². The number of rotatable bonds is 4. The van der Waals surface area contributed by atoms with E-state index in [1.807, 2.05) is 12.1 Å². The summed E-state index contributed by atoms with van der Waals surface area (Å²) < 4.78 is 47.2. The van der Waals surface area contributed by atoms with Crippen LogP contribution in [0.1, 0.15) is 36.3 Å². The van der Waals surface area contributed by atoms with Crippen molar-refractivity contribution in [2.24, 2.45) is 0 Å². The molecule has 3 heterocycles. The topological polar surface area (TPSA) is 53.5 Å². The molecule has 2 aromatic carbocycles. The minimum Gasteiger partial charge on any atom is -0.489 e. The molecule has 0 aliphatic carbocycles. The number of hydrogen-bond acceptors (Lipinski definition) is 6. The van der Waals surface area contributed by atoms with Crippen molar-refractivity contribution in [3.05, 3.63) is 53.1 Å². The van der Waals surface area contributed by atoms with E-state index in [-0.39, 0.29) is 11.6 Å². The van der Waals surface area contributed by atoms with Gasteiger partial charge in [0.15, 0.2) is 0 Å². The number of aryl methyl sites for hydroxylation is 1. The molecular weight excluding hydrogens is 431 g/mol. The largest absolute Gasteiger partial charge is 0.489 e. The second-order valence-corrected chi connectivity index (χ2v) is 8.79. The van der Waals surface area contributed by atoms with Crippen LogP contribution in [-0.2, 0) is 0 Å². The number of piperazine rings is 1. The fourth-order valence-electron chi connectivity index (χ4n) is 4.72. The van der Waals surface area contributed by atoms with Gasteiger partial charge >= 0.3 is 0 Å². The maximum Gasteiger partial charge on any atom is 0.266 e. The summed E-state index contributed by atoms with van der Waals surface area (Å²) in [5.41, 5.74) is 1.26. The fraction of sp³-hybridized carbons (Fsp3) is 0.417. The predicted molar refractivity (Wildman–Crippen MR) is 122 cm³/mol. The van der Waals surface area contributed by atoms with Crippen LogP contribution in [0, 0.1) is 12.7 Å². The Bertz CT molecular complexity index is 1200. The van der Waals surface area contributed by atoms with Crippen molar-refractivity contribution in [2.45, 2.75) is 32.4 Å². The van der Waals surface area contributed by atoms with Gasteiger partial charge in [0.25, 0.3) is 6.43 Å². The summed E-state index contributed by atoms with van der Waals surface area (Å²) in [6, 6.07) is 7.69. The Morgan fingerprint density at radius 2 is 1.94 bits per heavy atom.